The van der Waals surface area contributed by atoms with Gasteiger partial charge < -0.3 is 14.6 Å². The molecule has 19 heavy (non-hydrogen) atoms. The number of carbonyl (C=O) groups excluding carboxylic acids is 1. The fourth-order valence-corrected chi connectivity index (χ4v) is 1.90. The average Bonchev–Trinajstić information content (AvgIpc) is 3.20. The number of hydrogen-bond acceptors (Lipinski definition) is 4. The molecule has 1 fully saturated rings. The van der Waals surface area contributed by atoms with Gasteiger partial charge in [0.2, 0.25) is 0 Å². The van der Waals surface area contributed by atoms with Crippen LogP contribution in [0.1, 0.15) is 31.4 Å². The number of hydrogen-bond donors (Lipinski definition) is 1. The van der Waals surface area contributed by atoms with Crippen molar-refractivity contribution in [2.45, 2.75) is 25.9 Å². The van der Waals surface area contributed by atoms with Gasteiger partial charge in [-0.15, -0.1) is 0 Å². The Morgan fingerprint density at radius 1 is 1.53 bits per heavy atom. The number of aliphatic hydroxyl groups excluding tert-OH is 1. The van der Waals surface area contributed by atoms with Gasteiger partial charge in [-0.2, -0.15) is 0 Å². The van der Waals surface area contributed by atoms with Crippen LogP contribution in [0.15, 0.2) is 18.2 Å². The molecule has 1 unspecified atom stereocenters. The van der Waals surface area contributed by atoms with Gasteiger partial charge in [-0.05, 0) is 43.4 Å². The second kappa shape index (κ2) is 6.26. The normalized spacial score (nSPS) is 15.9. The third-order valence-electron chi connectivity index (χ3n) is 2.95. The molecule has 1 aromatic rings. The van der Waals surface area contributed by atoms with Gasteiger partial charge in [0.05, 0.1) is 18.2 Å². The molecule has 1 saturated carbocycles. The number of aliphatic hydroxyl groups is 1. The highest BCUT2D eigenvalue weighted by Gasteiger charge is 2.23. The first kappa shape index (κ1) is 14.2. The summed E-state index contributed by atoms with van der Waals surface area (Å²) in [5.41, 5.74) is 0.405. The molecule has 1 N–H and O–H groups in total. The van der Waals surface area contributed by atoms with Crippen molar-refractivity contribution in [3.8, 4) is 5.75 Å². The summed E-state index contributed by atoms with van der Waals surface area (Å²) in [5, 5.41) is 10.2. The second-order valence-corrected chi connectivity index (χ2v) is 5.01. The van der Waals surface area contributed by atoms with E-state index >= 15 is 0 Å². The summed E-state index contributed by atoms with van der Waals surface area (Å²) >= 11 is 6.07. The molecular weight excluding hydrogens is 268 g/mol. The minimum Gasteiger partial charge on any atom is -0.492 e. The first-order valence-corrected chi connectivity index (χ1v) is 6.76. The maximum absolute atomic E-state index is 11.4. The van der Waals surface area contributed by atoms with E-state index in [4.69, 9.17) is 21.1 Å². The van der Waals surface area contributed by atoms with E-state index in [9.17, 15) is 9.90 Å². The molecule has 2 rings (SSSR count). The van der Waals surface area contributed by atoms with Gasteiger partial charge in [0.1, 0.15) is 5.75 Å². The van der Waals surface area contributed by atoms with Crippen LogP contribution in [0.5, 0.6) is 5.75 Å². The van der Waals surface area contributed by atoms with Crippen LogP contribution in [0.4, 0.5) is 0 Å². The summed E-state index contributed by atoms with van der Waals surface area (Å²) in [7, 11) is 0. The zero-order chi connectivity index (χ0) is 13.8. The van der Waals surface area contributed by atoms with E-state index < -0.39 is 12.1 Å². The van der Waals surface area contributed by atoms with E-state index in [0.717, 1.165) is 0 Å². The molecule has 0 bridgehead atoms. The van der Waals surface area contributed by atoms with Crippen molar-refractivity contribution >= 4 is 17.6 Å². The fourth-order valence-electron chi connectivity index (χ4n) is 1.65. The Labute approximate surface area is 117 Å². The molecule has 1 aliphatic rings. The summed E-state index contributed by atoms with van der Waals surface area (Å²) in [4.78, 5) is 11.4. The molecule has 4 nitrogen and oxygen atoms in total. The maximum Gasteiger partial charge on any atom is 0.339 e. The summed E-state index contributed by atoms with van der Waals surface area (Å²) in [6.07, 6.45) is 1.10. The van der Waals surface area contributed by atoms with Crippen LogP contribution in [-0.2, 0) is 9.53 Å². The van der Waals surface area contributed by atoms with Crippen molar-refractivity contribution < 1.29 is 19.4 Å². The highest BCUT2D eigenvalue weighted by molar-refractivity contribution is 6.32. The van der Waals surface area contributed by atoms with Gasteiger partial charge in [0, 0.05) is 0 Å². The highest BCUT2D eigenvalue weighted by Crippen LogP contribution is 2.33. The molecule has 0 amide bonds. The molecule has 0 heterocycles. The fraction of sp³-hybridized carbons (Fsp3) is 0.500. The molecule has 1 aromatic carbocycles. The number of ether oxygens (including phenoxy) is 2. The number of carbonyl (C=O) groups is 1. The molecule has 0 saturated heterocycles. The van der Waals surface area contributed by atoms with Gasteiger partial charge >= 0.3 is 5.97 Å². The average molecular weight is 285 g/mol. The minimum absolute atomic E-state index is 0.228. The molecule has 0 aliphatic heterocycles. The Balaban J connectivity index is 2.02. The van der Waals surface area contributed by atoms with Crippen molar-refractivity contribution in [1.82, 2.24) is 0 Å². The third-order valence-corrected chi connectivity index (χ3v) is 3.25. The van der Waals surface area contributed by atoms with Gasteiger partial charge in [-0.1, -0.05) is 17.7 Å². The van der Waals surface area contributed by atoms with E-state index in [1.807, 2.05) is 0 Å². The van der Waals surface area contributed by atoms with Crippen LogP contribution < -0.4 is 4.74 Å². The van der Waals surface area contributed by atoms with Crippen molar-refractivity contribution in [3.05, 3.63) is 28.8 Å². The predicted molar refractivity (Wildman–Crippen MR) is 71.3 cm³/mol. The van der Waals surface area contributed by atoms with Crippen LogP contribution in [0.25, 0.3) is 0 Å². The standard InChI is InChI=1S/C14H17ClO4/c1-2-18-14(17)13(16)10-5-6-12(11(15)7-10)19-8-9-3-4-9/h5-7,9,13,16H,2-4,8H2,1H3. The first-order chi connectivity index (χ1) is 9.11. The molecule has 0 spiro atoms. The summed E-state index contributed by atoms with van der Waals surface area (Å²) in [6, 6.07) is 4.82. The van der Waals surface area contributed by atoms with Crippen molar-refractivity contribution in [3.63, 3.8) is 0 Å². The number of halogens is 1. The lowest BCUT2D eigenvalue weighted by Gasteiger charge is -2.12. The van der Waals surface area contributed by atoms with Gasteiger partial charge in [-0.3, -0.25) is 0 Å². The summed E-state index contributed by atoms with van der Waals surface area (Å²) < 4.78 is 10.3. The van der Waals surface area contributed by atoms with Crippen LogP contribution in [0.2, 0.25) is 5.02 Å². The van der Waals surface area contributed by atoms with Crippen LogP contribution in [0, 0.1) is 5.92 Å². The smallest absolute Gasteiger partial charge is 0.339 e. The topological polar surface area (TPSA) is 55.8 Å². The number of esters is 1. The summed E-state index contributed by atoms with van der Waals surface area (Å²) in [5.74, 6) is 0.541. The Bertz CT molecular complexity index is 457. The Kier molecular flexibility index (Phi) is 4.66. The van der Waals surface area contributed by atoms with Crippen LogP contribution >= 0.6 is 11.6 Å². The Morgan fingerprint density at radius 3 is 2.84 bits per heavy atom. The third kappa shape index (κ3) is 3.85. The van der Waals surface area contributed by atoms with E-state index in [1.54, 1.807) is 19.1 Å². The molecular formula is C14H17ClO4. The molecule has 104 valence electrons. The van der Waals surface area contributed by atoms with Gasteiger partial charge in [-0.25, -0.2) is 4.79 Å². The van der Waals surface area contributed by atoms with E-state index in [0.29, 0.717) is 28.9 Å². The zero-order valence-electron chi connectivity index (χ0n) is 10.8. The quantitative estimate of drug-likeness (QED) is 0.816. The Morgan fingerprint density at radius 2 is 2.26 bits per heavy atom. The van der Waals surface area contributed by atoms with E-state index in [2.05, 4.69) is 0 Å². The highest BCUT2D eigenvalue weighted by atomic mass is 35.5. The number of benzene rings is 1. The van der Waals surface area contributed by atoms with Crippen molar-refractivity contribution in [2.75, 3.05) is 13.2 Å². The van der Waals surface area contributed by atoms with Crippen molar-refractivity contribution in [2.24, 2.45) is 5.92 Å². The van der Waals surface area contributed by atoms with Crippen molar-refractivity contribution in [1.29, 1.82) is 0 Å². The lowest BCUT2D eigenvalue weighted by molar-refractivity contribution is -0.153. The predicted octanol–water partition coefficient (Wildman–Crippen LogP) is 2.73. The second-order valence-electron chi connectivity index (χ2n) is 4.60. The lowest BCUT2D eigenvalue weighted by Crippen LogP contribution is -2.15. The lowest BCUT2D eigenvalue weighted by atomic mass is 10.1. The summed E-state index contributed by atoms with van der Waals surface area (Å²) in [6.45, 7) is 2.58. The van der Waals surface area contributed by atoms with E-state index in [1.165, 1.54) is 18.9 Å². The monoisotopic (exact) mass is 284 g/mol. The SMILES string of the molecule is CCOC(=O)C(O)c1ccc(OCC2CC2)c(Cl)c1. The molecule has 1 atom stereocenters. The molecule has 1 aliphatic carbocycles. The first-order valence-electron chi connectivity index (χ1n) is 6.38. The van der Waals surface area contributed by atoms with Gasteiger partial charge in [0.15, 0.2) is 6.10 Å². The van der Waals surface area contributed by atoms with E-state index in [-0.39, 0.29) is 6.61 Å². The zero-order valence-corrected chi connectivity index (χ0v) is 11.5. The molecule has 5 heteroatoms. The largest absolute Gasteiger partial charge is 0.492 e. The van der Waals surface area contributed by atoms with Crippen LogP contribution in [-0.4, -0.2) is 24.3 Å². The number of rotatable bonds is 6. The minimum atomic E-state index is -1.31. The van der Waals surface area contributed by atoms with Gasteiger partial charge in [0.25, 0.3) is 0 Å². The maximum atomic E-state index is 11.4. The molecule has 0 radical (unpaired) electrons. The van der Waals surface area contributed by atoms with Crippen LogP contribution in [0.3, 0.4) is 0 Å². The Hall–Kier alpha value is -1.26. The molecule has 0 aromatic heterocycles.